The quantitative estimate of drug-likeness (QED) is 0.263. The normalized spacial score (nSPS) is 15.9. The Kier molecular flexibility index (Phi) is 7.71. The van der Waals surface area contributed by atoms with Crippen molar-refractivity contribution in [2.24, 2.45) is 5.92 Å². The van der Waals surface area contributed by atoms with E-state index in [9.17, 15) is 4.79 Å². The Bertz CT molecular complexity index is 761. The average Bonchev–Trinajstić information content (AvgIpc) is 2.73. The molecule has 0 radical (unpaired) electrons. The van der Waals surface area contributed by atoms with Crippen LogP contribution in [0.5, 0.6) is 5.75 Å². The van der Waals surface area contributed by atoms with Crippen LogP contribution in [0.15, 0.2) is 42.5 Å². The van der Waals surface area contributed by atoms with Crippen molar-refractivity contribution in [2.45, 2.75) is 78.1 Å². The molecule has 150 valence electrons. The standard InChI is InChI=1S/C26H34O2/c1-3-5-6-7-8-9-20-10-11-24-19-23(13-12-22(24)18-20)21-14-16-25(17-15-21)28-26(27)4-2/h12-17,19-20H,3-11,18H2,1-2H3. The maximum absolute atomic E-state index is 11.4. The van der Waals surface area contributed by atoms with E-state index < -0.39 is 0 Å². The van der Waals surface area contributed by atoms with Gasteiger partial charge in [0.15, 0.2) is 0 Å². The number of carbonyl (C=O) groups is 1. The molecule has 0 amide bonds. The fraction of sp³-hybridized carbons (Fsp3) is 0.500. The molecule has 2 heteroatoms. The van der Waals surface area contributed by atoms with Crippen molar-refractivity contribution in [1.82, 2.24) is 0 Å². The van der Waals surface area contributed by atoms with E-state index in [4.69, 9.17) is 4.74 Å². The molecule has 0 aromatic heterocycles. The number of ether oxygens (including phenoxy) is 1. The second-order valence-electron chi connectivity index (χ2n) is 8.15. The van der Waals surface area contributed by atoms with Gasteiger partial charge in [-0.2, -0.15) is 0 Å². The van der Waals surface area contributed by atoms with Crippen LogP contribution in [0.1, 0.15) is 76.3 Å². The highest BCUT2D eigenvalue weighted by Gasteiger charge is 2.18. The summed E-state index contributed by atoms with van der Waals surface area (Å²) in [5.41, 5.74) is 5.49. The second-order valence-corrected chi connectivity index (χ2v) is 8.15. The van der Waals surface area contributed by atoms with E-state index in [0.29, 0.717) is 12.2 Å². The van der Waals surface area contributed by atoms with Gasteiger partial charge in [0.05, 0.1) is 0 Å². The Balaban J connectivity index is 1.58. The molecule has 1 unspecified atom stereocenters. The fourth-order valence-electron chi connectivity index (χ4n) is 4.21. The zero-order chi connectivity index (χ0) is 19.8. The number of fused-ring (bicyclic) bond motifs is 1. The molecule has 1 aliphatic carbocycles. The Morgan fingerprint density at radius 3 is 2.43 bits per heavy atom. The van der Waals surface area contributed by atoms with E-state index in [0.717, 1.165) is 5.92 Å². The van der Waals surface area contributed by atoms with Crippen LogP contribution in [0.25, 0.3) is 11.1 Å². The second kappa shape index (κ2) is 10.5. The lowest BCUT2D eigenvalue weighted by atomic mass is 9.80. The van der Waals surface area contributed by atoms with Crippen LogP contribution < -0.4 is 4.74 Å². The van der Waals surface area contributed by atoms with Crippen LogP contribution in [0.2, 0.25) is 0 Å². The minimum Gasteiger partial charge on any atom is -0.427 e. The van der Waals surface area contributed by atoms with Crippen LogP contribution in [0, 0.1) is 5.92 Å². The number of hydrogen-bond donors (Lipinski definition) is 0. The summed E-state index contributed by atoms with van der Waals surface area (Å²) in [4.78, 5) is 11.4. The fourth-order valence-corrected chi connectivity index (χ4v) is 4.21. The molecule has 0 bridgehead atoms. The highest BCUT2D eigenvalue weighted by atomic mass is 16.5. The molecule has 0 fully saturated rings. The highest BCUT2D eigenvalue weighted by molar-refractivity contribution is 5.72. The maximum Gasteiger partial charge on any atom is 0.310 e. The van der Waals surface area contributed by atoms with E-state index in [1.165, 1.54) is 74.5 Å². The first-order chi connectivity index (χ1) is 13.7. The molecule has 1 atom stereocenters. The Hall–Kier alpha value is -2.09. The molecule has 2 nitrogen and oxygen atoms in total. The lowest BCUT2D eigenvalue weighted by Gasteiger charge is -2.25. The van der Waals surface area contributed by atoms with Gasteiger partial charge in [0.2, 0.25) is 0 Å². The Morgan fingerprint density at radius 1 is 0.929 bits per heavy atom. The topological polar surface area (TPSA) is 26.3 Å². The highest BCUT2D eigenvalue weighted by Crippen LogP contribution is 2.32. The molecule has 2 aromatic rings. The van der Waals surface area contributed by atoms with Crippen molar-refractivity contribution in [1.29, 1.82) is 0 Å². The van der Waals surface area contributed by atoms with Crippen molar-refractivity contribution < 1.29 is 9.53 Å². The Labute approximate surface area is 170 Å². The third-order valence-electron chi connectivity index (χ3n) is 5.96. The number of esters is 1. The molecule has 0 aliphatic heterocycles. The van der Waals surface area contributed by atoms with Gasteiger partial charge in [0, 0.05) is 6.42 Å². The summed E-state index contributed by atoms with van der Waals surface area (Å²) >= 11 is 0. The largest absolute Gasteiger partial charge is 0.427 e. The third kappa shape index (κ3) is 5.70. The van der Waals surface area contributed by atoms with E-state index in [1.54, 1.807) is 12.5 Å². The lowest BCUT2D eigenvalue weighted by molar-refractivity contribution is -0.134. The van der Waals surface area contributed by atoms with E-state index in [2.05, 4.69) is 25.1 Å². The minimum absolute atomic E-state index is 0.193. The maximum atomic E-state index is 11.4. The summed E-state index contributed by atoms with van der Waals surface area (Å²) in [5.74, 6) is 1.30. The van der Waals surface area contributed by atoms with Crippen molar-refractivity contribution in [3.63, 3.8) is 0 Å². The molecule has 1 aliphatic rings. The molecule has 28 heavy (non-hydrogen) atoms. The van der Waals surface area contributed by atoms with Gasteiger partial charge in [0.1, 0.15) is 5.75 Å². The van der Waals surface area contributed by atoms with Gasteiger partial charge in [-0.1, -0.05) is 82.7 Å². The molecular weight excluding hydrogens is 344 g/mol. The molecule has 2 aromatic carbocycles. The zero-order valence-electron chi connectivity index (χ0n) is 17.5. The van der Waals surface area contributed by atoms with Crippen molar-refractivity contribution in [3.05, 3.63) is 53.6 Å². The predicted octanol–water partition coefficient (Wildman–Crippen LogP) is 7.13. The summed E-state index contributed by atoms with van der Waals surface area (Å²) < 4.78 is 5.27. The van der Waals surface area contributed by atoms with Gasteiger partial charge in [-0.3, -0.25) is 4.79 Å². The van der Waals surface area contributed by atoms with Gasteiger partial charge in [0.25, 0.3) is 0 Å². The monoisotopic (exact) mass is 378 g/mol. The molecule has 0 heterocycles. The molecule has 0 N–H and O–H groups in total. The Morgan fingerprint density at radius 2 is 1.68 bits per heavy atom. The number of benzene rings is 2. The summed E-state index contributed by atoms with van der Waals surface area (Å²) in [5, 5.41) is 0. The van der Waals surface area contributed by atoms with Crippen molar-refractivity contribution >= 4 is 5.97 Å². The van der Waals surface area contributed by atoms with Crippen molar-refractivity contribution in [3.8, 4) is 16.9 Å². The van der Waals surface area contributed by atoms with E-state index in [-0.39, 0.29) is 5.97 Å². The van der Waals surface area contributed by atoms with Crippen LogP contribution in [0.3, 0.4) is 0 Å². The molecule has 0 spiro atoms. The number of hydrogen-bond acceptors (Lipinski definition) is 2. The number of carbonyl (C=O) groups excluding carboxylic acids is 1. The molecule has 0 saturated heterocycles. The summed E-state index contributed by atoms with van der Waals surface area (Å²) in [6.07, 6.45) is 12.5. The molecule has 0 saturated carbocycles. The minimum atomic E-state index is -0.193. The molecule has 3 rings (SSSR count). The summed E-state index contributed by atoms with van der Waals surface area (Å²) in [6.45, 7) is 4.09. The van der Waals surface area contributed by atoms with Crippen LogP contribution >= 0.6 is 0 Å². The number of unbranched alkanes of at least 4 members (excludes halogenated alkanes) is 4. The summed E-state index contributed by atoms with van der Waals surface area (Å²) in [7, 11) is 0. The lowest BCUT2D eigenvalue weighted by Crippen LogP contribution is -2.14. The zero-order valence-corrected chi connectivity index (χ0v) is 17.5. The first-order valence-electron chi connectivity index (χ1n) is 11.1. The summed E-state index contributed by atoms with van der Waals surface area (Å²) in [6, 6.07) is 14.8. The third-order valence-corrected chi connectivity index (χ3v) is 5.96. The van der Waals surface area contributed by atoms with E-state index in [1.807, 2.05) is 24.3 Å². The van der Waals surface area contributed by atoms with Crippen LogP contribution in [-0.4, -0.2) is 5.97 Å². The van der Waals surface area contributed by atoms with Crippen LogP contribution in [0.4, 0.5) is 0 Å². The number of rotatable bonds is 9. The molecular formula is C26H34O2. The van der Waals surface area contributed by atoms with Gasteiger partial charge < -0.3 is 4.74 Å². The first kappa shape index (κ1) is 20.6. The first-order valence-corrected chi connectivity index (χ1v) is 11.1. The van der Waals surface area contributed by atoms with Gasteiger partial charge in [-0.15, -0.1) is 0 Å². The average molecular weight is 379 g/mol. The SMILES string of the molecule is CCCCCCCC1CCc2cc(-c3ccc(OC(=O)CC)cc3)ccc2C1. The van der Waals surface area contributed by atoms with Gasteiger partial charge in [-0.05, 0) is 59.6 Å². The van der Waals surface area contributed by atoms with Gasteiger partial charge in [-0.25, -0.2) is 0 Å². The smallest absolute Gasteiger partial charge is 0.310 e. The van der Waals surface area contributed by atoms with Gasteiger partial charge >= 0.3 is 5.97 Å². The number of aryl methyl sites for hydroxylation is 1. The predicted molar refractivity (Wildman–Crippen MR) is 117 cm³/mol. The van der Waals surface area contributed by atoms with Crippen LogP contribution in [-0.2, 0) is 17.6 Å². The van der Waals surface area contributed by atoms with Crippen molar-refractivity contribution in [2.75, 3.05) is 0 Å². The van der Waals surface area contributed by atoms with E-state index >= 15 is 0 Å².